The molecule has 0 aromatic heterocycles. The molecular formula is C11H25NO3S. The van der Waals surface area contributed by atoms with E-state index in [4.69, 9.17) is 10.3 Å². The third-order valence-corrected chi connectivity index (χ3v) is 1.78. The van der Waals surface area contributed by atoms with E-state index >= 15 is 0 Å². The first kappa shape index (κ1) is 18.0. The summed E-state index contributed by atoms with van der Waals surface area (Å²) in [5, 5.41) is 0. The second-order valence-corrected chi connectivity index (χ2v) is 5.11. The Morgan fingerprint density at radius 2 is 1.62 bits per heavy atom. The molecule has 0 aliphatic carbocycles. The predicted molar refractivity (Wildman–Crippen MR) is 69.0 cm³/mol. The summed E-state index contributed by atoms with van der Waals surface area (Å²) in [4.78, 5) is 0. The van der Waals surface area contributed by atoms with Crippen LogP contribution in [0.3, 0.4) is 0 Å². The lowest BCUT2D eigenvalue weighted by Crippen LogP contribution is -1.91. The van der Waals surface area contributed by atoms with Gasteiger partial charge in [0.25, 0.3) is 10.1 Å². The van der Waals surface area contributed by atoms with Gasteiger partial charge >= 0.3 is 0 Å². The second kappa shape index (κ2) is 12.7. The van der Waals surface area contributed by atoms with E-state index in [1.54, 1.807) is 0 Å². The molecule has 0 rings (SSSR count). The minimum atomic E-state index is -3.67. The van der Waals surface area contributed by atoms with Crippen molar-refractivity contribution in [2.45, 2.75) is 45.4 Å². The highest BCUT2D eigenvalue weighted by Crippen LogP contribution is 2.04. The van der Waals surface area contributed by atoms with Crippen molar-refractivity contribution < 1.29 is 13.0 Å². The summed E-state index contributed by atoms with van der Waals surface area (Å²) in [6, 6.07) is 0. The molecule has 0 spiro atoms. The largest absolute Gasteiger partial charge is 0.327 e. The van der Waals surface area contributed by atoms with Crippen molar-refractivity contribution in [3.8, 4) is 0 Å². The summed E-state index contributed by atoms with van der Waals surface area (Å²) < 4.78 is 25.9. The molecule has 4 nitrogen and oxygen atoms in total. The smallest absolute Gasteiger partial charge is 0.261 e. The van der Waals surface area contributed by atoms with Crippen LogP contribution in [0.5, 0.6) is 0 Å². The predicted octanol–water partition coefficient (Wildman–Crippen LogP) is 2.37. The molecule has 0 aromatic carbocycles. The minimum absolute atomic E-state index is 0.689. The molecule has 16 heavy (non-hydrogen) atoms. The number of unbranched alkanes of at least 4 members (excludes halogenated alkanes) is 5. The first-order chi connectivity index (χ1) is 7.41. The van der Waals surface area contributed by atoms with E-state index in [-0.39, 0.29) is 0 Å². The normalized spacial score (nSPS) is 11.2. The molecule has 0 atom stereocenters. The molecule has 0 saturated heterocycles. The van der Waals surface area contributed by atoms with Crippen molar-refractivity contribution in [1.82, 2.24) is 0 Å². The highest BCUT2D eigenvalue weighted by Gasteiger charge is 1.85. The molecule has 0 fully saturated rings. The van der Waals surface area contributed by atoms with Crippen molar-refractivity contribution in [2.75, 3.05) is 12.8 Å². The molecule has 0 saturated carbocycles. The molecule has 0 aromatic rings. The summed E-state index contributed by atoms with van der Waals surface area (Å²) in [6.45, 7) is 2.93. The Bertz CT molecular complexity index is 240. The first-order valence-corrected chi connectivity index (χ1v) is 7.54. The molecule has 0 unspecified atom stereocenters. The van der Waals surface area contributed by atoms with Gasteiger partial charge in [0, 0.05) is 6.54 Å². The molecule has 0 radical (unpaired) electrons. The minimum Gasteiger partial charge on any atom is -0.327 e. The van der Waals surface area contributed by atoms with Crippen LogP contribution in [0.2, 0.25) is 0 Å². The van der Waals surface area contributed by atoms with Gasteiger partial charge in [-0.1, -0.05) is 44.8 Å². The second-order valence-electron chi connectivity index (χ2n) is 3.64. The van der Waals surface area contributed by atoms with Crippen LogP contribution in [0.25, 0.3) is 0 Å². The summed E-state index contributed by atoms with van der Waals surface area (Å²) >= 11 is 0. The molecule has 3 N–H and O–H groups in total. The van der Waals surface area contributed by atoms with E-state index in [1.165, 1.54) is 38.5 Å². The number of allylic oxidation sites excluding steroid dienone is 1. The molecule has 0 amide bonds. The number of nitrogens with two attached hydrogens (primary N) is 1. The third kappa shape index (κ3) is 37.4. The van der Waals surface area contributed by atoms with E-state index in [9.17, 15) is 8.42 Å². The van der Waals surface area contributed by atoms with E-state index in [2.05, 4.69) is 13.0 Å². The molecule has 0 bridgehead atoms. The van der Waals surface area contributed by atoms with Gasteiger partial charge in [0.15, 0.2) is 0 Å². The summed E-state index contributed by atoms with van der Waals surface area (Å²) in [6.07, 6.45) is 13.0. The van der Waals surface area contributed by atoms with Crippen molar-refractivity contribution in [3.05, 3.63) is 12.2 Å². The van der Waals surface area contributed by atoms with E-state index in [1.807, 2.05) is 6.08 Å². The number of rotatable bonds is 7. The van der Waals surface area contributed by atoms with Crippen LogP contribution in [0.4, 0.5) is 0 Å². The van der Waals surface area contributed by atoms with Crippen LogP contribution in [-0.4, -0.2) is 25.8 Å². The maximum Gasteiger partial charge on any atom is 0.261 e. The van der Waals surface area contributed by atoms with Crippen molar-refractivity contribution in [3.63, 3.8) is 0 Å². The van der Waals surface area contributed by atoms with Crippen molar-refractivity contribution in [1.29, 1.82) is 0 Å². The van der Waals surface area contributed by atoms with Crippen molar-refractivity contribution in [2.24, 2.45) is 5.73 Å². The Hall–Kier alpha value is -0.390. The zero-order valence-electron chi connectivity index (χ0n) is 10.4. The van der Waals surface area contributed by atoms with Gasteiger partial charge in [-0.15, -0.1) is 0 Å². The van der Waals surface area contributed by atoms with Gasteiger partial charge < -0.3 is 5.73 Å². The number of hydrogen-bond acceptors (Lipinski definition) is 3. The van der Waals surface area contributed by atoms with Gasteiger partial charge in [-0.25, -0.2) is 0 Å². The average molecular weight is 251 g/mol. The van der Waals surface area contributed by atoms with Gasteiger partial charge in [-0.2, -0.15) is 8.42 Å². The molecule has 0 aliphatic rings. The lowest BCUT2D eigenvalue weighted by atomic mass is 10.1. The topological polar surface area (TPSA) is 80.4 Å². The van der Waals surface area contributed by atoms with Gasteiger partial charge in [0.1, 0.15) is 0 Å². The molecule has 0 heterocycles. The van der Waals surface area contributed by atoms with Crippen LogP contribution < -0.4 is 5.73 Å². The van der Waals surface area contributed by atoms with Crippen LogP contribution >= 0.6 is 0 Å². The zero-order chi connectivity index (χ0) is 12.9. The van der Waals surface area contributed by atoms with E-state index < -0.39 is 10.1 Å². The van der Waals surface area contributed by atoms with Crippen LogP contribution in [0.1, 0.15) is 45.4 Å². The van der Waals surface area contributed by atoms with Crippen LogP contribution in [-0.2, 0) is 10.1 Å². The highest BCUT2D eigenvalue weighted by molar-refractivity contribution is 7.85. The van der Waals surface area contributed by atoms with Crippen LogP contribution in [0.15, 0.2) is 12.2 Å². The molecule has 5 heteroatoms. The quantitative estimate of drug-likeness (QED) is 0.413. The monoisotopic (exact) mass is 251 g/mol. The Morgan fingerprint density at radius 3 is 2.06 bits per heavy atom. The SMILES string of the molecule is CCCCCCCC=CCN.CS(=O)(=O)O. The molecular weight excluding hydrogens is 226 g/mol. The highest BCUT2D eigenvalue weighted by atomic mass is 32.2. The summed E-state index contributed by atoms with van der Waals surface area (Å²) in [7, 11) is -3.67. The lowest BCUT2D eigenvalue weighted by molar-refractivity contribution is 0.490. The fourth-order valence-electron chi connectivity index (χ4n) is 1.08. The maximum absolute atomic E-state index is 9.19. The number of hydrogen-bond donors (Lipinski definition) is 2. The fraction of sp³-hybridized carbons (Fsp3) is 0.818. The van der Waals surface area contributed by atoms with Gasteiger partial charge in [-0.05, 0) is 12.8 Å². The Balaban J connectivity index is 0. The zero-order valence-corrected chi connectivity index (χ0v) is 11.2. The summed E-state index contributed by atoms with van der Waals surface area (Å²) in [5.74, 6) is 0. The van der Waals surface area contributed by atoms with Crippen LogP contribution in [0, 0.1) is 0 Å². The van der Waals surface area contributed by atoms with Crippen molar-refractivity contribution >= 4 is 10.1 Å². The Morgan fingerprint density at radius 1 is 1.12 bits per heavy atom. The Labute approximate surface area is 99.7 Å². The standard InChI is InChI=1S/C10H21N.CH4O3S/c1-2-3-4-5-6-7-8-9-10-11;1-5(2,3)4/h8-9H,2-7,10-11H2,1H3;1H3,(H,2,3,4). The Kier molecular flexibility index (Phi) is 14.3. The molecule has 98 valence electrons. The van der Waals surface area contributed by atoms with Gasteiger partial charge in [0.2, 0.25) is 0 Å². The lowest BCUT2D eigenvalue weighted by Gasteiger charge is -1.95. The van der Waals surface area contributed by atoms with E-state index in [0.29, 0.717) is 12.8 Å². The maximum atomic E-state index is 9.19. The van der Waals surface area contributed by atoms with Gasteiger partial charge in [-0.3, -0.25) is 4.55 Å². The summed E-state index contributed by atoms with van der Waals surface area (Å²) in [5.41, 5.74) is 5.30. The van der Waals surface area contributed by atoms with E-state index in [0.717, 1.165) is 0 Å². The average Bonchev–Trinajstić information content (AvgIpc) is 2.14. The first-order valence-electron chi connectivity index (χ1n) is 5.69. The van der Waals surface area contributed by atoms with Gasteiger partial charge in [0.05, 0.1) is 6.26 Å². The fourth-order valence-corrected chi connectivity index (χ4v) is 1.08. The third-order valence-electron chi connectivity index (χ3n) is 1.78. The molecule has 0 aliphatic heterocycles.